The van der Waals surface area contributed by atoms with Crippen LogP contribution in [-0.4, -0.2) is 159 Å². The molecule has 1 amide bonds. The van der Waals surface area contributed by atoms with Gasteiger partial charge in [-0.15, -0.1) is 0 Å². The molecule has 0 saturated carbocycles. The third kappa shape index (κ3) is 11.8. The maximum atomic E-state index is 14.6. The molecule has 6 N–H and O–H groups in total. The van der Waals surface area contributed by atoms with Gasteiger partial charge >= 0.3 is 12.1 Å². The molecule has 0 aromatic heterocycles. The van der Waals surface area contributed by atoms with Crippen LogP contribution in [0.3, 0.4) is 0 Å². The summed E-state index contributed by atoms with van der Waals surface area (Å²) in [4.78, 5) is 29.8. The van der Waals surface area contributed by atoms with Gasteiger partial charge in [-0.25, -0.2) is 4.79 Å². The zero-order valence-electron chi connectivity index (χ0n) is 42.3. The minimum atomic E-state index is -1.58. The summed E-state index contributed by atoms with van der Waals surface area (Å²) < 4.78 is 57.4. The Hall–Kier alpha value is -2.68. The van der Waals surface area contributed by atoms with Gasteiger partial charge in [-0.05, 0) is 93.8 Å². The second-order valence-electron chi connectivity index (χ2n) is 20.6. The molecule has 4 aliphatic heterocycles. The summed E-state index contributed by atoms with van der Waals surface area (Å²) in [6.45, 7) is 21.5. The van der Waals surface area contributed by atoms with E-state index in [4.69, 9.17) is 48.4 Å². The number of nitrogens with two attached hydrogens (primary N) is 1. The number of nitrogens with one attached hydrogen (secondary N) is 2. The highest BCUT2D eigenvalue weighted by Crippen LogP contribution is 2.46. The molecule has 4 heterocycles. The molecule has 1 aromatic rings. The van der Waals surface area contributed by atoms with Crippen molar-refractivity contribution in [1.29, 1.82) is 0 Å². The fourth-order valence-corrected chi connectivity index (χ4v) is 11.2. The monoisotopic (exact) mass is 937 g/mol. The molecule has 17 nitrogen and oxygen atoms in total. The first-order chi connectivity index (χ1) is 30.9. The Morgan fingerprint density at radius 2 is 1.67 bits per heavy atom. The summed E-state index contributed by atoms with van der Waals surface area (Å²) in [5, 5.41) is 30.8. The van der Waals surface area contributed by atoms with Crippen LogP contribution in [0, 0.1) is 23.7 Å². The van der Waals surface area contributed by atoms with Crippen LogP contribution in [0.1, 0.15) is 113 Å². The number of carbonyl (C=O) groups is 2. The number of esters is 1. The summed E-state index contributed by atoms with van der Waals surface area (Å²) in [6.07, 6.45) is -7.34. The van der Waals surface area contributed by atoms with E-state index >= 15 is 0 Å². The van der Waals surface area contributed by atoms with Crippen molar-refractivity contribution >= 4 is 12.1 Å². The van der Waals surface area contributed by atoms with Gasteiger partial charge < -0.3 is 74.1 Å². The molecule has 4 aliphatic rings. The van der Waals surface area contributed by atoms with Crippen molar-refractivity contribution in [3.63, 3.8) is 0 Å². The first kappa shape index (κ1) is 54.3. The van der Waals surface area contributed by atoms with Crippen LogP contribution < -0.4 is 21.1 Å². The van der Waals surface area contributed by atoms with E-state index in [-0.39, 0.29) is 49.0 Å². The van der Waals surface area contributed by atoms with Crippen molar-refractivity contribution < 1.29 is 62.4 Å². The molecule has 1 aromatic carbocycles. The molecule has 20 atom stereocenters. The number of aliphatic hydroxyl groups is 2. The van der Waals surface area contributed by atoms with E-state index in [0.717, 1.165) is 11.3 Å². The number of para-hydroxylation sites is 1. The smallest absolute Gasteiger partial charge is 0.407 e. The first-order valence-corrected chi connectivity index (χ1v) is 24.1. The van der Waals surface area contributed by atoms with E-state index in [0.29, 0.717) is 25.9 Å². The van der Waals surface area contributed by atoms with E-state index < -0.39 is 95.9 Å². The molecular weight excluding hydrogens is 853 g/mol. The molecule has 66 heavy (non-hydrogen) atoms. The number of aliphatic hydroxyl groups excluding tert-OH is 1. The summed E-state index contributed by atoms with van der Waals surface area (Å²) in [6, 6.07) is 7.00. The number of ether oxygens (including phenoxy) is 9. The van der Waals surface area contributed by atoms with Crippen LogP contribution >= 0.6 is 0 Å². The van der Waals surface area contributed by atoms with Gasteiger partial charge in [0.25, 0.3) is 0 Å². The van der Waals surface area contributed by atoms with Crippen molar-refractivity contribution in [2.24, 2.45) is 29.4 Å². The molecule has 0 spiro atoms. The van der Waals surface area contributed by atoms with E-state index in [1.165, 1.54) is 0 Å². The highest BCUT2D eigenvalue weighted by Gasteiger charge is 2.58. The number of benzene rings is 1. The molecule has 378 valence electrons. The predicted molar refractivity (Wildman–Crippen MR) is 248 cm³/mol. The molecule has 4 fully saturated rings. The molecule has 0 aliphatic carbocycles. The number of cyclic esters (lactones) is 1. The van der Waals surface area contributed by atoms with Crippen LogP contribution in [0.2, 0.25) is 0 Å². The number of methoxy groups -OCH3 is 2. The number of hydrogen-bond acceptors (Lipinski definition) is 16. The second kappa shape index (κ2) is 22.4. The van der Waals surface area contributed by atoms with Gasteiger partial charge in [-0.3, -0.25) is 4.79 Å². The van der Waals surface area contributed by atoms with E-state index in [2.05, 4.69) is 10.6 Å². The molecule has 17 heteroatoms. The number of likely N-dealkylation sites (N-methyl/N-ethyl adjacent to an activating group) is 1. The van der Waals surface area contributed by atoms with Crippen molar-refractivity contribution in [3.8, 4) is 5.75 Å². The molecule has 2 bridgehead atoms. The fourth-order valence-electron chi connectivity index (χ4n) is 11.2. The normalized spacial score (nSPS) is 42.9. The van der Waals surface area contributed by atoms with Gasteiger partial charge in [0.1, 0.15) is 29.2 Å². The van der Waals surface area contributed by atoms with E-state index in [9.17, 15) is 19.8 Å². The van der Waals surface area contributed by atoms with Crippen molar-refractivity contribution in [2.45, 2.75) is 198 Å². The van der Waals surface area contributed by atoms with Crippen LogP contribution in [0.15, 0.2) is 24.3 Å². The largest absolute Gasteiger partial charge is 0.496 e. The van der Waals surface area contributed by atoms with Crippen LogP contribution in [0.5, 0.6) is 5.75 Å². The van der Waals surface area contributed by atoms with Crippen LogP contribution in [-0.2, 0) is 42.7 Å². The molecule has 0 radical (unpaired) electrons. The number of amides is 1. The number of nitrogens with zero attached hydrogens (tertiary/aromatic N) is 1. The summed E-state index contributed by atoms with van der Waals surface area (Å²) in [5.74, 6) is -1.80. The number of fused-ring (bicyclic) bond motifs is 2. The number of hydrogen-bond donors (Lipinski definition) is 5. The SMILES string of the molecule is CC[C@@H]1OC(=O)[C@H](C)[C@@H](O[C@H]2C[C@@](C)(OC)C(OC(=O)NCCNC(C)c3ccccc3OC)[C@H](C)O2)[C@H](C)[C@@H](O[C@@H]2O[C@H](C)C[C@H](N(C)C)[C@H]2O)[C@@](C)(O)C[C@@H](C)[C@H]2O[C@@]1(C)[C@@H](N)[C@@H]2C. The second-order valence-corrected chi connectivity index (χ2v) is 20.6. The Morgan fingerprint density at radius 1 is 0.985 bits per heavy atom. The minimum Gasteiger partial charge on any atom is -0.496 e. The summed E-state index contributed by atoms with van der Waals surface area (Å²) >= 11 is 0. The lowest BCUT2D eigenvalue weighted by Crippen LogP contribution is -2.61. The maximum absolute atomic E-state index is 14.6. The lowest BCUT2D eigenvalue weighted by Gasteiger charge is -2.49. The zero-order chi connectivity index (χ0) is 49.1. The summed E-state index contributed by atoms with van der Waals surface area (Å²) in [5.41, 5.74) is 4.25. The minimum absolute atomic E-state index is 0.0257. The van der Waals surface area contributed by atoms with Crippen LogP contribution in [0.25, 0.3) is 0 Å². The third-order valence-corrected chi connectivity index (χ3v) is 15.2. The molecule has 4 saturated heterocycles. The maximum Gasteiger partial charge on any atom is 0.407 e. The molecule has 5 rings (SSSR count). The third-order valence-electron chi connectivity index (χ3n) is 15.2. The van der Waals surface area contributed by atoms with Crippen molar-refractivity contribution in [3.05, 3.63) is 29.8 Å². The highest BCUT2D eigenvalue weighted by atomic mass is 16.7. The Morgan fingerprint density at radius 3 is 2.30 bits per heavy atom. The van der Waals surface area contributed by atoms with Crippen LogP contribution in [0.4, 0.5) is 4.79 Å². The van der Waals surface area contributed by atoms with Crippen molar-refractivity contribution in [1.82, 2.24) is 15.5 Å². The van der Waals surface area contributed by atoms with Crippen molar-refractivity contribution in [2.75, 3.05) is 41.4 Å². The standard InChI is InChI=1S/C49H84N4O13/c1-16-36-49(11)41(50)28(4)39(66-49)26(2)24-47(9,57)42(64-45-38(54)34(53(12)13)23-27(3)60-45)29(5)40(30(6)44(55)62-36)63-37-25-48(10,59-15)43(32(8)61-37)65-46(56)52-22-21-51-31(7)33-19-17-18-20-35(33)58-14/h17-20,26-32,34,36-43,45,51,54,57H,16,21-25,50H2,1-15H3,(H,52,56)/t26-,27-,28-,29+,30-,31?,32+,34+,36+,37+,38-,39-,40+,41+,42-,43?,45+,47+,48-,49-/m1/s1. The number of alkyl carbamates (subject to hydrolysis) is 1. The van der Waals surface area contributed by atoms with Gasteiger partial charge in [0.2, 0.25) is 0 Å². The Bertz CT molecular complexity index is 1740. The summed E-state index contributed by atoms with van der Waals surface area (Å²) in [7, 11) is 6.97. The number of carbonyl (C=O) groups excluding carboxylic acids is 2. The molecular formula is C49H84N4O13. The highest BCUT2D eigenvalue weighted by molar-refractivity contribution is 5.73. The lowest BCUT2D eigenvalue weighted by atomic mass is 9.75. The average molecular weight is 937 g/mol. The Kier molecular flexibility index (Phi) is 18.4. The molecule has 2 unspecified atom stereocenters. The zero-order valence-corrected chi connectivity index (χ0v) is 42.3. The number of rotatable bonds is 14. The first-order valence-electron chi connectivity index (χ1n) is 24.1. The van der Waals surface area contributed by atoms with E-state index in [1.54, 1.807) is 35.0 Å². The Balaban J connectivity index is 1.40. The lowest BCUT2D eigenvalue weighted by molar-refractivity contribution is -0.317. The van der Waals surface area contributed by atoms with E-state index in [1.807, 2.05) is 98.7 Å². The predicted octanol–water partition coefficient (Wildman–Crippen LogP) is 4.68. The van der Waals surface area contributed by atoms with Gasteiger partial charge in [0.15, 0.2) is 18.7 Å². The van der Waals surface area contributed by atoms with Gasteiger partial charge in [-0.1, -0.05) is 45.9 Å². The van der Waals surface area contributed by atoms with Gasteiger partial charge in [0, 0.05) is 62.1 Å². The topological polar surface area (TPSA) is 211 Å². The quantitative estimate of drug-likeness (QED) is 0.127. The average Bonchev–Trinajstić information content (AvgIpc) is 3.50. The van der Waals surface area contributed by atoms with Gasteiger partial charge in [0.05, 0.1) is 49.1 Å². The Labute approximate surface area is 393 Å². The fraction of sp³-hybridized carbons (Fsp3) is 0.837. The van der Waals surface area contributed by atoms with Gasteiger partial charge in [-0.2, -0.15) is 0 Å².